The van der Waals surface area contributed by atoms with Crippen LogP contribution in [-0.2, 0) is 12.8 Å². The Kier molecular flexibility index (Phi) is 7.77. The molecule has 0 N–H and O–H groups in total. The van der Waals surface area contributed by atoms with Crippen molar-refractivity contribution in [3.63, 3.8) is 0 Å². The summed E-state index contributed by atoms with van der Waals surface area (Å²) >= 11 is 1.88. The highest BCUT2D eigenvalue weighted by atomic mass is 32.1. The first-order chi connectivity index (χ1) is 6.86. The molecule has 0 aliphatic heterocycles. The number of fused-ring (bicyclic) bond motifs is 1. The molecule has 0 fully saturated rings. The summed E-state index contributed by atoms with van der Waals surface area (Å²) in [5.74, 6) is 0. The van der Waals surface area contributed by atoms with E-state index in [2.05, 4.69) is 11.9 Å². The fourth-order valence-corrected chi connectivity index (χ4v) is 2.51. The zero-order chi connectivity index (χ0) is 11.0. The van der Waals surface area contributed by atoms with Crippen molar-refractivity contribution in [2.24, 2.45) is 0 Å². The third-order valence-corrected chi connectivity index (χ3v) is 3.03. The summed E-state index contributed by atoms with van der Waals surface area (Å²) in [6.07, 6.45) is 5.21. The van der Waals surface area contributed by atoms with Gasteiger partial charge >= 0.3 is 0 Å². The van der Waals surface area contributed by atoms with Crippen LogP contribution in [0.5, 0.6) is 0 Å². The van der Waals surface area contributed by atoms with Gasteiger partial charge in [0.1, 0.15) is 0 Å². The molecule has 0 unspecified atom stereocenters. The highest BCUT2D eigenvalue weighted by molar-refractivity contribution is 7.11. The van der Waals surface area contributed by atoms with Crippen LogP contribution in [0.25, 0.3) is 0 Å². The maximum atomic E-state index is 4.47. The average molecular weight is 213 g/mol. The van der Waals surface area contributed by atoms with Gasteiger partial charge in [-0.3, -0.25) is 0 Å². The summed E-state index contributed by atoms with van der Waals surface area (Å²) in [5, 5.41) is 1.24. The molecule has 0 spiro atoms. The SMILES string of the molecule is CC.CC.Cc1nc2c(s1)CCCC2. The van der Waals surface area contributed by atoms with Crippen molar-refractivity contribution in [3.05, 3.63) is 15.6 Å². The van der Waals surface area contributed by atoms with Gasteiger partial charge in [0, 0.05) is 4.88 Å². The van der Waals surface area contributed by atoms with Gasteiger partial charge in [-0.15, -0.1) is 11.3 Å². The lowest BCUT2D eigenvalue weighted by atomic mass is 10.0. The molecule has 0 amide bonds. The summed E-state index contributed by atoms with van der Waals surface area (Å²) < 4.78 is 0. The average Bonchev–Trinajstić information content (AvgIpc) is 2.64. The number of nitrogens with zero attached hydrogens (tertiary/aromatic N) is 1. The van der Waals surface area contributed by atoms with Crippen molar-refractivity contribution in [3.8, 4) is 0 Å². The molecule has 1 aliphatic rings. The smallest absolute Gasteiger partial charge is 0.0900 e. The van der Waals surface area contributed by atoms with Crippen LogP contribution in [0.3, 0.4) is 0 Å². The van der Waals surface area contributed by atoms with Crippen molar-refractivity contribution < 1.29 is 0 Å². The lowest BCUT2D eigenvalue weighted by Crippen LogP contribution is -1.98. The largest absolute Gasteiger partial charge is 0.246 e. The van der Waals surface area contributed by atoms with Gasteiger partial charge in [0.05, 0.1) is 10.7 Å². The molecule has 2 heteroatoms. The van der Waals surface area contributed by atoms with E-state index in [1.807, 2.05) is 39.0 Å². The van der Waals surface area contributed by atoms with E-state index in [0.717, 1.165) is 0 Å². The molecule has 0 saturated carbocycles. The van der Waals surface area contributed by atoms with Crippen LogP contribution in [0.15, 0.2) is 0 Å². The van der Waals surface area contributed by atoms with Gasteiger partial charge in [0.15, 0.2) is 0 Å². The quantitative estimate of drug-likeness (QED) is 0.623. The lowest BCUT2D eigenvalue weighted by Gasteiger charge is -2.06. The Bertz CT molecular complexity index is 217. The first-order valence-electron chi connectivity index (χ1n) is 5.81. The Morgan fingerprint density at radius 1 is 1.00 bits per heavy atom. The Morgan fingerprint density at radius 2 is 1.57 bits per heavy atom. The zero-order valence-corrected chi connectivity index (χ0v) is 11.0. The molecule has 1 aromatic heterocycles. The van der Waals surface area contributed by atoms with E-state index in [9.17, 15) is 0 Å². The predicted molar refractivity (Wildman–Crippen MR) is 66.2 cm³/mol. The highest BCUT2D eigenvalue weighted by Gasteiger charge is 2.12. The monoisotopic (exact) mass is 213 g/mol. The topological polar surface area (TPSA) is 12.9 Å². The molecule has 0 atom stereocenters. The number of thiazole rings is 1. The molecule has 82 valence electrons. The molecular formula is C12H23NS. The van der Waals surface area contributed by atoms with Crippen LogP contribution in [0.1, 0.15) is 56.1 Å². The van der Waals surface area contributed by atoms with E-state index in [1.54, 1.807) is 4.88 Å². The fourth-order valence-electron chi connectivity index (χ4n) is 1.48. The van der Waals surface area contributed by atoms with E-state index in [-0.39, 0.29) is 0 Å². The van der Waals surface area contributed by atoms with E-state index < -0.39 is 0 Å². The molecule has 0 aromatic carbocycles. The second kappa shape index (κ2) is 7.98. The molecule has 1 aromatic rings. The Labute approximate surface area is 92.6 Å². The summed E-state index contributed by atoms with van der Waals surface area (Å²) in [5.41, 5.74) is 1.38. The normalized spacial score (nSPS) is 12.9. The van der Waals surface area contributed by atoms with Crippen LogP contribution in [0.4, 0.5) is 0 Å². The molecule has 2 rings (SSSR count). The minimum Gasteiger partial charge on any atom is -0.246 e. The van der Waals surface area contributed by atoms with Gasteiger partial charge in [0.2, 0.25) is 0 Å². The molecule has 0 radical (unpaired) electrons. The summed E-state index contributed by atoms with van der Waals surface area (Å²) in [4.78, 5) is 6.01. The zero-order valence-electron chi connectivity index (χ0n) is 10.2. The minimum atomic E-state index is 1.22. The number of aromatic nitrogens is 1. The Hall–Kier alpha value is -0.370. The Balaban J connectivity index is 0.000000379. The number of rotatable bonds is 0. The van der Waals surface area contributed by atoms with Crippen molar-refractivity contribution in [1.82, 2.24) is 4.98 Å². The van der Waals surface area contributed by atoms with Gasteiger partial charge in [-0.1, -0.05) is 27.7 Å². The fraction of sp³-hybridized carbons (Fsp3) is 0.750. The first kappa shape index (κ1) is 13.6. The number of hydrogen-bond donors (Lipinski definition) is 0. The molecule has 1 heterocycles. The Morgan fingerprint density at radius 3 is 2.14 bits per heavy atom. The predicted octanol–water partition coefficient (Wildman–Crippen LogP) is 4.38. The highest BCUT2D eigenvalue weighted by Crippen LogP contribution is 2.25. The minimum absolute atomic E-state index is 1.22. The van der Waals surface area contributed by atoms with Crippen molar-refractivity contribution in [2.75, 3.05) is 0 Å². The van der Waals surface area contributed by atoms with Crippen molar-refractivity contribution in [2.45, 2.75) is 60.3 Å². The van der Waals surface area contributed by atoms with Gasteiger partial charge < -0.3 is 0 Å². The van der Waals surface area contributed by atoms with Crippen LogP contribution < -0.4 is 0 Å². The molecule has 1 nitrogen and oxygen atoms in total. The van der Waals surface area contributed by atoms with Crippen molar-refractivity contribution >= 4 is 11.3 Å². The lowest BCUT2D eigenvalue weighted by molar-refractivity contribution is 0.681. The van der Waals surface area contributed by atoms with Crippen LogP contribution in [0, 0.1) is 6.92 Å². The van der Waals surface area contributed by atoms with Gasteiger partial charge in [-0.05, 0) is 32.6 Å². The molecule has 14 heavy (non-hydrogen) atoms. The van der Waals surface area contributed by atoms with Crippen molar-refractivity contribution in [1.29, 1.82) is 0 Å². The summed E-state index contributed by atoms with van der Waals surface area (Å²) in [7, 11) is 0. The van der Waals surface area contributed by atoms with Crippen LogP contribution in [0.2, 0.25) is 0 Å². The third-order valence-electron chi connectivity index (χ3n) is 1.95. The van der Waals surface area contributed by atoms with E-state index in [4.69, 9.17) is 0 Å². The number of aryl methyl sites for hydroxylation is 3. The molecule has 1 aliphatic carbocycles. The summed E-state index contributed by atoms with van der Waals surface area (Å²) in [6.45, 7) is 10.1. The van der Waals surface area contributed by atoms with Gasteiger partial charge in [-0.25, -0.2) is 4.98 Å². The maximum Gasteiger partial charge on any atom is 0.0900 e. The summed E-state index contributed by atoms with van der Waals surface area (Å²) in [6, 6.07) is 0. The second-order valence-corrected chi connectivity index (χ2v) is 4.10. The van der Waals surface area contributed by atoms with Gasteiger partial charge in [-0.2, -0.15) is 0 Å². The first-order valence-corrected chi connectivity index (χ1v) is 6.63. The number of hydrogen-bond acceptors (Lipinski definition) is 2. The molecular weight excluding hydrogens is 190 g/mol. The van der Waals surface area contributed by atoms with Crippen LogP contribution in [-0.4, -0.2) is 4.98 Å². The van der Waals surface area contributed by atoms with Crippen LogP contribution >= 0.6 is 11.3 Å². The van der Waals surface area contributed by atoms with E-state index in [1.165, 1.54) is 36.4 Å². The second-order valence-electron chi connectivity index (χ2n) is 2.81. The molecule has 0 saturated heterocycles. The third kappa shape index (κ3) is 3.79. The van der Waals surface area contributed by atoms with E-state index >= 15 is 0 Å². The molecule has 0 bridgehead atoms. The standard InChI is InChI=1S/C8H11NS.2C2H6/c1-6-9-7-4-2-3-5-8(7)10-6;2*1-2/h2-5H2,1H3;2*1-2H3. The maximum absolute atomic E-state index is 4.47. The van der Waals surface area contributed by atoms with E-state index in [0.29, 0.717) is 0 Å². The van der Waals surface area contributed by atoms with Gasteiger partial charge in [0.25, 0.3) is 0 Å².